The first-order valence-electron chi connectivity index (χ1n) is 7.08. The number of likely N-dealkylation sites (tertiary alicyclic amines) is 1. The Morgan fingerprint density at radius 2 is 2.21 bits per heavy atom. The molecule has 1 aliphatic rings. The average Bonchev–Trinajstić information content (AvgIpc) is 2.37. The van der Waals surface area contributed by atoms with E-state index in [4.69, 9.17) is 15.7 Å². The van der Waals surface area contributed by atoms with E-state index >= 15 is 0 Å². The number of ether oxygens (including phenoxy) is 1. The van der Waals surface area contributed by atoms with Crippen LogP contribution in [0.2, 0.25) is 0 Å². The maximum Gasteiger partial charge on any atom is 0.144 e. The third kappa shape index (κ3) is 4.66. The average molecular weight is 271 g/mol. The van der Waals surface area contributed by atoms with Gasteiger partial charge in [-0.2, -0.15) is 0 Å². The van der Waals surface area contributed by atoms with Crippen LogP contribution in [0.5, 0.6) is 0 Å². The lowest BCUT2D eigenvalue weighted by atomic mass is 9.86. The molecule has 0 aromatic carbocycles. The van der Waals surface area contributed by atoms with E-state index in [1.165, 1.54) is 6.42 Å². The Hall–Kier alpha value is -0.810. The molecule has 1 unspecified atom stereocenters. The zero-order valence-electron chi connectivity index (χ0n) is 12.8. The zero-order chi connectivity index (χ0) is 14.5. The fourth-order valence-electron chi connectivity index (χ4n) is 2.67. The summed E-state index contributed by atoms with van der Waals surface area (Å²) in [5, 5.41) is 11.9. The minimum atomic E-state index is -0.241. The number of hydrogen-bond acceptors (Lipinski definition) is 4. The number of oxime groups is 1. The van der Waals surface area contributed by atoms with Gasteiger partial charge in [0.25, 0.3) is 0 Å². The SMILES string of the molecule is COC1(C)CCCN(CCCC(C)(C)C(N)=NO)C1. The maximum atomic E-state index is 8.75. The van der Waals surface area contributed by atoms with E-state index in [0.29, 0.717) is 5.84 Å². The van der Waals surface area contributed by atoms with Crippen LogP contribution in [0, 0.1) is 5.41 Å². The molecule has 1 rings (SSSR count). The summed E-state index contributed by atoms with van der Waals surface area (Å²) in [5.74, 6) is 0.313. The highest BCUT2D eigenvalue weighted by atomic mass is 16.5. The molecule has 1 heterocycles. The molecule has 19 heavy (non-hydrogen) atoms. The lowest BCUT2D eigenvalue weighted by Crippen LogP contribution is -2.47. The van der Waals surface area contributed by atoms with Gasteiger partial charge in [-0.15, -0.1) is 0 Å². The number of hydrogen-bond donors (Lipinski definition) is 2. The molecule has 3 N–H and O–H groups in total. The predicted molar refractivity (Wildman–Crippen MR) is 77.5 cm³/mol. The van der Waals surface area contributed by atoms with Crippen LogP contribution in [0.3, 0.4) is 0 Å². The minimum absolute atomic E-state index is 0.000642. The molecule has 1 fully saturated rings. The van der Waals surface area contributed by atoms with Crippen molar-refractivity contribution in [2.75, 3.05) is 26.7 Å². The van der Waals surface area contributed by atoms with Crippen LogP contribution in [-0.4, -0.2) is 48.3 Å². The molecule has 0 aliphatic carbocycles. The number of amidine groups is 1. The summed E-state index contributed by atoms with van der Waals surface area (Å²) in [5.41, 5.74) is 5.46. The van der Waals surface area contributed by atoms with Crippen molar-refractivity contribution in [3.63, 3.8) is 0 Å². The van der Waals surface area contributed by atoms with E-state index in [1.54, 1.807) is 7.11 Å². The normalized spacial score (nSPS) is 26.6. The van der Waals surface area contributed by atoms with Crippen molar-refractivity contribution in [3.8, 4) is 0 Å². The Morgan fingerprint density at radius 1 is 1.53 bits per heavy atom. The Balaban J connectivity index is 2.37. The molecule has 5 heteroatoms. The molecule has 5 nitrogen and oxygen atoms in total. The lowest BCUT2D eigenvalue weighted by molar-refractivity contribution is -0.0510. The standard InChI is InChI=1S/C14H29N3O2/c1-13(2,12(15)16-18)7-5-9-17-10-6-8-14(3,11-17)19-4/h18H,5-11H2,1-4H3,(H2,15,16). The molecular weight excluding hydrogens is 242 g/mol. The van der Waals surface area contributed by atoms with E-state index in [9.17, 15) is 0 Å². The van der Waals surface area contributed by atoms with E-state index < -0.39 is 0 Å². The van der Waals surface area contributed by atoms with Crippen LogP contribution in [0.25, 0.3) is 0 Å². The summed E-state index contributed by atoms with van der Waals surface area (Å²) in [7, 11) is 1.80. The van der Waals surface area contributed by atoms with Gasteiger partial charge in [0.15, 0.2) is 0 Å². The van der Waals surface area contributed by atoms with E-state index in [2.05, 4.69) is 17.0 Å². The molecule has 0 spiro atoms. The quantitative estimate of drug-likeness (QED) is 0.336. The maximum absolute atomic E-state index is 8.75. The van der Waals surface area contributed by atoms with E-state index in [1.807, 2.05) is 13.8 Å². The monoisotopic (exact) mass is 271 g/mol. The summed E-state index contributed by atoms with van der Waals surface area (Å²) >= 11 is 0. The molecule has 1 aliphatic heterocycles. The largest absolute Gasteiger partial charge is 0.409 e. The van der Waals surface area contributed by atoms with Crippen LogP contribution < -0.4 is 5.73 Å². The van der Waals surface area contributed by atoms with Crippen LogP contribution in [0.4, 0.5) is 0 Å². The molecule has 1 atom stereocenters. The van der Waals surface area contributed by atoms with Crippen LogP contribution in [0.15, 0.2) is 5.16 Å². The Kier molecular flexibility index (Phi) is 5.62. The molecule has 0 radical (unpaired) electrons. The van der Waals surface area contributed by atoms with Crippen molar-refractivity contribution in [1.82, 2.24) is 4.90 Å². The summed E-state index contributed by atoms with van der Waals surface area (Å²) in [4.78, 5) is 2.45. The first-order chi connectivity index (χ1) is 8.83. The second-order valence-corrected chi connectivity index (χ2v) is 6.51. The van der Waals surface area contributed by atoms with Crippen LogP contribution >= 0.6 is 0 Å². The topological polar surface area (TPSA) is 71.1 Å². The van der Waals surface area contributed by atoms with Crippen molar-refractivity contribution in [1.29, 1.82) is 0 Å². The van der Waals surface area contributed by atoms with Crippen molar-refractivity contribution in [2.45, 2.75) is 52.1 Å². The third-order valence-electron chi connectivity index (χ3n) is 4.31. The number of rotatable bonds is 6. The van der Waals surface area contributed by atoms with Crippen LogP contribution in [0.1, 0.15) is 46.5 Å². The Bertz CT molecular complexity index is 318. The highest BCUT2D eigenvalue weighted by molar-refractivity contribution is 5.85. The summed E-state index contributed by atoms with van der Waals surface area (Å²) in [6.45, 7) is 9.38. The second-order valence-electron chi connectivity index (χ2n) is 6.51. The van der Waals surface area contributed by atoms with E-state index in [-0.39, 0.29) is 11.0 Å². The van der Waals surface area contributed by atoms with E-state index in [0.717, 1.165) is 38.9 Å². The van der Waals surface area contributed by atoms with Gasteiger partial charge in [-0.05, 0) is 45.7 Å². The van der Waals surface area contributed by atoms with Gasteiger partial charge in [-0.1, -0.05) is 19.0 Å². The summed E-state index contributed by atoms with van der Waals surface area (Å²) in [6.07, 6.45) is 4.29. The molecule has 0 saturated carbocycles. The van der Waals surface area contributed by atoms with Gasteiger partial charge in [0.05, 0.1) is 5.60 Å². The molecule has 0 aromatic rings. The predicted octanol–water partition coefficient (Wildman–Crippen LogP) is 2.04. The molecule has 0 aromatic heterocycles. The van der Waals surface area contributed by atoms with Gasteiger partial charge in [0, 0.05) is 19.1 Å². The van der Waals surface area contributed by atoms with Gasteiger partial charge < -0.3 is 20.6 Å². The highest BCUT2D eigenvalue weighted by Crippen LogP contribution is 2.26. The molecular formula is C14H29N3O2. The van der Waals surface area contributed by atoms with Crippen LogP contribution in [-0.2, 0) is 4.74 Å². The van der Waals surface area contributed by atoms with Gasteiger partial charge in [-0.3, -0.25) is 0 Å². The molecule has 112 valence electrons. The highest BCUT2D eigenvalue weighted by Gasteiger charge is 2.31. The van der Waals surface area contributed by atoms with Gasteiger partial charge >= 0.3 is 0 Å². The van der Waals surface area contributed by atoms with Gasteiger partial charge in [0.2, 0.25) is 0 Å². The number of piperidine rings is 1. The fourth-order valence-corrected chi connectivity index (χ4v) is 2.67. The smallest absolute Gasteiger partial charge is 0.144 e. The Morgan fingerprint density at radius 3 is 2.79 bits per heavy atom. The first-order valence-corrected chi connectivity index (χ1v) is 7.08. The van der Waals surface area contributed by atoms with Gasteiger partial charge in [0.1, 0.15) is 5.84 Å². The van der Waals surface area contributed by atoms with Crippen molar-refractivity contribution in [3.05, 3.63) is 0 Å². The lowest BCUT2D eigenvalue weighted by Gasteiger charge is -2.39. The van der Waals surface area contributed by atoms with Crippen molar-refractivity contribution < 1.29 is 9.94 Å². The summed E-state index contributed by atoms with van der Waals surface area (Å²) < 4.78 is 5.60. The fraction of sp³-hybridized carbons (Fsp3) is 0.929. The number of nitrogens with two attached hydrogens (primary N) is 1. The second kappa shape index (κ2) is 6.57. The first kappa shape index (κ1) is 16.2. The summed E-state index contributed by atoms with van der Waals surface area (Å²) in [6, 6.07) is 0. The third-order valence-corrected chi connectivity index (χ3v) is 4.31. The Labute approximate surface area is 116 Å². The molecule has 0 amide bonds. The number of methoxy groups -OCH3 is 1. The van der Waals surface area contributed by atoms with Gasteiger partial charge in [-0.25, -0.2) is 0 Å². The minimum Gasteiger partial charge on any atom is -0.409 e. The molecule has 0 bridgehead atoms. The number of nitrogens with zero attached hydrogens (tertiary/aromatic N) is 2. The zero-order valence-corrected chi connectivity index (χ0v) is 12.8. The van der Waals surface area contributed by atoms with Crippen molar-refractivity contribution >= 4 is 5.84 Å². The molecule has 1 saturated heterocycles. The van der Waals surface area contributed by atoms with Crippen molar-refractivity contribution in [2.24, 2.45) is 16.3 Å².